The van der Waals surface area contributed by atoms with Gasteiger partial charge in [0.25, 0.3) is 0 Å². The van der Waals surface area contributed by atoms with Crippen molar-refractivity contribution in [2.45, 2.75) is 20.0 Å². The number of hydrogen-bond acceptors (Lipinski definition) is 6. The van der Waals surface area contributed by atoms with Gasteiger partial charge in [-0.15, -0.1) is 11.3 Å². The maximum Gasteiger partial charge on any atom is 0.341 e. The largest absolute Gasteiger partial charge is 0.467 e. The number of furan rings is 1. The Labute approximate surface area is 109 Å². The van der Waals surface area contributed by atoms with Crippen LogP contribution in [-0.2, 0) is 17.8 Å². The molecular formula is C12H14N2O3S. The minimum absolute atomic E-state index is 0.386. The molecule has 0 aliphatic carbocycles. The first-order chi connectivity index (χ1) is 8.70. The Morgan fingerprint density at radius 1 is 1.56 bits per heavy atom. The molecule has 2 aromatic heterocycles. The number of rotatable bonds is 5. The molecular weight excluding hydrogens is 252 g/mol. The van der Waals surface area contributed by atoms with E-state index in [2.05, 4.69) is 15.0 Å². The Morgan fingerprint density at radius 3 is 3.06 bits per heavy atom. The average Bonchev–Trinajstić information content (AvgIpc) is 2.99. The summed E-state index contributed by atoms with van der Waals surface area (Å²) in [7, 11) is 1.35. The van der Waals surface area contributed by atoms with E-state index < -0.39 is 0 Å². The third-order valence-corrected chi connectivity index (χ3v) is 3.44. The van der Waals surface area contributed by atoms with Crippen molar-refractivity contribution in [1.29, 1.82) is 0 Å². The minimum atomic E-state index is -0.386. The van der Waals surface area contributed by atoms with Crippen LogP contribution < -0.4 is 5.32 Å². The van der Waals surface area contributed by atoms with Crippen LogP contribution in [0, 0.1) is 6.92 Å². The summed E-state index contributed by atoms with van der Waals surface area (Å²) in [6.45, 7) is 3.29. The zero-order chi connectivity index (χ0) is 13.0. The van der Waals surface area contributed by atoms with Gasteiger partial charge in [-0.3, -0.25) is 0 Å². The molecule has 2 rings (SSSR count). The van der Waals surface area contributed by atoms with Gasteiger partial charge in [0.2, 0.25) is 0 Å². The van der Waals surface area contributed by atoms with Crippen molar-refractivity contribution in [2.75, 3.05) is 7.11 Å². The average molecular weight is 266 g/mol. The normalized spacial score (nSPS) is 10.6. The van der Waals surface area contributed by atoms with E-state index in [9.17, 15) is 4.79 Å². The highest BCUT2D eigenvalue weighted by Crippen LogP contribution is 2.12. The van der Waals surface area contributed by atoms with Gasteiger partial charge < -0.3 is 14.5 Å². The standard InChI is InChI=1S/C12H14N2O3S/c1-8-11(18-7-14-8)5-13-4-10-3-9(6-17-10)12(15)16-2/h3,6-7,13H,4-5H2,1-2H3. The van der Waals surface area contributed by atoms with Crippen molar-refractivity contribution in [2.24, 2.45) is 0 Å². The van der Waals surface area contributed by atoms with Crippen LogP contribution >= 0.6 is 11.3 Å². The number of carbonyl (C=O) groups excluding carboxylic acids is 1. The molecule has 1 N–H and O–H groups in total. The highest BCUT2D eigenvalue weighted by atomic mass is 32.1. The third kappa shape index (κ3) is 2.96. The summed E-state index contributed by atoms with van der Waals surface area (Å²) in [5.41, 5.74) is 3.31. The third-order valence-electron chi connectivity index (χ3n) is 2.50. The summed E-state index contributed by atoms with van der Waals surface area (Å²) in [5.74, 6) is 0.320. The van der Waals surface area contributed by atoms with Crippen LogP contribution in [-0.4, -0.2) is 18.1 Å². The molecule has 0 fully saturated rings. The number of carbonyl (C=O) groups is 1. The highest BCUT2D eigenvalue weighted by Gasteiger charge is 2.10. The predicted molar refractivity (Wildman–Crippen MR) is 67.4 cm³/mol. The van der Waals surface area contributed by atoms with Gasteiger partial charge in [0.05, 0.1) is 30.4 Å². The molecule has 2 heterocycles. The van der Waals surface area contributed by atoms with Crippen LogP contribution in [0.1, 0.15) is 26.7 Å². The van der Waals surface area contributed by atoms with Crippen molar-refractivity contribution in [3.63, 3.8) is 0 Å². The maximum absolute atomic E-state index is 11.2. The van der Waals surface area contributed by atoms with E-state index in [1.807, 2.05) is 12.4 Å². The second-order valence-electron chi connectivity index (χ2n) is 3.76. The van der Waals surface area contributed by atoms with E-state index >= 15 is 0 Å². The van der Waals surface area contributed by atoms with Crippen LogP contribution in [0.5, 0.6) is 0 Å². The lowest BCUT2D eigenvalue weighted by atomic mass is 10.3. The molecule has 0 amide bonds. The van der Waals surface area contributed by atoms with Crippen molar-refractivity contribution in [1.82, 2.24) is 10.3 Å². The molecule has 96 valence electrons. The fourth-order valence-corrected chi connectivity index (χ4v) is 2.24. The van der Waals surface area contributed by atoms with E-state index in [0.29, 0.717) is 17.9 Å². The molecule has 0 unspecified atom stereocenters. The molecule has 0 aliphatic rings. The first kappa shape index (κ1) is 12.8. The second-order valence-corrected chi connectivity index (χ2v) is 4.70. The van der Waals surface area contributed by atoms with Crippen molar-refractivity contribution in [3.8, 4) is 0 Å². The summed E-state index contributed by atoms with van der Waals surface area (Å²) < 4.78 is 9.86. The van der Waals surface area contributed by atoms with Crippen LogP contribution in [0.15, 0.2) is 22.3 Å². The number of thiazole rings is 1. The van der Waals surface area contributed by atoms with E-state index in [4.69, 9.17) is 4.42 Å². The lowest BCUT2D eigenvalue weighted by Gasteiger charge is -2.00. The van der Waals surface area contributed by atoms with Crippen LogP contribution in [0.4, 0.5) is 0 Å². The van der Waals surface area contributed by atoms with Gasteiger partial charge in [0.1, 0.15) is 12.0 Å². The lowest BCUT2D eigenvalue weighted by molar-refractivity contribution is 0.0600. The summed E-state index contributed by atoms with van der Waals surface area (Å²) in [5, 5.41) is 3.24. The monoisotopic (exact) mass is 266 g/mol. The van der Waals surface area contributed by atoms with Gasteiger partial charge in [-0.05, 0) is 13.0 Å². The number of aryl methyl sites for hydroxylation is 1. The highest BCUT2D eigenvalue weighted by molar-refractivity contribution is 7.09. The number of aromatic nitrogens is 1. The molecule has 0 saturated carbocycles. The number of nitrogens with zero attached hydrogens (tertiary/aromatic N) is 1. The Balaban J connectivity index is 1.85. The topological polar surface area (TPSA) is 64.4 Å². The Morgan fingerprint density at radius 2 is 2.39 bits per heavy atom. The second kappa shape index (κ2) is 5.79. The van der Waals surface area contributed by atoms with Crippen molar-refractivity contribution in [3.05, 3.63) is 39.7 Å². The number of hydrogen-bond donors (Lipinski definition) is 1. The Hall–Kier alpha value is -1.66. The van der Waals surface area contributed by atoms with E-state index in [1.54, 1.807) is 17.4 Å². The first-order valence-electron chi connectivity index (χ1n) is 5.46. The van der Waals surface area contributed by atoms with E-state index in [-0.39, 0.29) is 5.97 Å². The summed E-state index contributed by atoms with van der Waals surface area (Å²) in [6.07, 6.45) is 1.40. The zero-order valence-electron chi connectivity index (χ0n) is 10.2. The first-order valence-corrected chi connectivity index (χ1v) is 6.34. The quantitative estimate of drug-likeness (QED) is 0.840. The molecule has 0 spiro atoms. The van der Waals surface area contributed by atoms with Gasteiger partial charge in [0, 0.05) is 11.4 Å². The Bertz CT molecular complexity index is 533. The fourth-order valence-electron chi connectivity index (χ4n) is 1.49. The van der Waals surface area contributed by atoms with Crippen molar-refractivity contribution >= 4 is 17.3 Å². The molecule has 0 radical (unpaired) electrons. The minimum Gasteiger partial charge on any atom is -0.467 e. The van der Waals surface area contributed by atoms with Crippen LogP contribution in [0.25, 0.3) is 0 Å². The number of esters is 1. The molecule has 6 heteroatoms. The van der Waals surface area contributed by atoms with Gasteiger partial charge in [-0.1, -0.05) is 0 Å². The van der Waals surface area contributed by atoms with Crippen LogP contribution in [0.2, 0.25) is 0 Å². The van der Waals surface area contributed by atoms with Gasteiger partial charge >= 0.3 is 5.97 Å². The summed E-state index contributed by atoms with van der Waals surface area (Å²) in [4.78, 5) is 16.6. The van der Waals surface area contributed by atoms with Crippen molar-refractivity contribution < 1.29 is 13.9 Å². The SMILES string of the molecule is COC(=O)c1coc(CNCc2scnc2C)c1. The molecule has 0 aromatic carbocycles. The fraction of sp³-hybridized carbons (Fsp3) is 0.333. The Kier molecular flexibility index (Phi) is 4.11. The van der Waals surface area contributed by atoms with E-state index in [0.717, 1.165) is 12.2 Å². The molecule has 5 nitrogen and oxygen atoms in total. The number of ether oxygens (including phenoxy) is 1. The number of methoxy groups -OCH3 is 1. The van der Waals surface area contributed by atoms with Crippen LogP contribution in [0.3, 0.4) is 0 Å². The molecule has 0 atom stereocenters. The summed E-state index contributed by atoms with van der Waals surface area (Å²) in [6, 6.07) is 1.68. The maximum atomic E-state index is 11.2. The smallest absolute Gasteiger partial charge is 0.341 e. The zero-order valence-corrected chi connectivity index (χ0v) is 11.0. The van der Waals surface area contributed by atoms with E-state index in [1.165, 1.54) is 18.3 Å². The lowest BCUT2D eigenvalue weighted by Crippen LogP contribution is -2.12. The van der Waals surface area contributed by atoms with Gasteiger partial charge in [0.15, 0.2) is 0 Å². The molecule has 0 bridgehead atoms. The predicted octanol–water partition coefficient (Wildman–Crippen LogP) is 2.12. The molecule has 2 aromatic rings. The molecule has 0 saturated heterocycles. The van der Waals surface area contributed by atoms with Gasteiger partial charge in [-0.25, -0.2) is 9.78 Å². The number of nitrogens with one attached hydrogen (secondary N) is 1. The summed E-state index contributed by atoms with van der Waals surface area (Å²) >= 11 is 1.62. The molecule has 0 aliphatic heterocycles. The molecule has 18 heavy (non-hydrogen) atoms. The van der Waals surface area contributed by atoms with Gasteiger partial charge in [-0.2, -0.15) is 0 Å².